The van der Waals surface area contributed by atoms with Crippen molar-refractivity contribution < 1.29 is 50.0 Å². The van der Waals surface area contributed by atoms with Crippen LogP contribution in [0, 0.1) is 10.8 Å². The summed E-state index contributed by atoms with van der Waals surface area (Å²) in [6.07, 6.45) is 13.4. The largest absolute Gasteiger partial charge is 1.00 e. The Hall–Kier alpha value is 0.214. The van der Waals surface area contributed by atoms with Crippen molar-refractivity contribution in [3.63, 3.8) is 0 Å². The molecule has 26 heavy (non-hydrogen) atoms. The van der Waals surface area contributed by atoms with E-state index in [-0.39, 0.29) is 46.8 Å². The third-order valence-corrected chi connectivity index (χ3v) is 5.88. The number of halogens is 2. The second kappa shape index (κ2) is 8.70. The summed E-state index contributed by atoms with van der Waals surface area (Å²) < 4.78 is 8.42. The van der Waals surface area contributed by atoms with Gasteiger partial charge >= 0.3 is 161 Å². The van der Waals surface area contributed by atoms with Crippen molar-refractivity contribution >= 4 is 0 Å². The van der Waals surface area contributed by atoms with Crippen LogP contribution in [-0.4, -0.2) is 11.2 Å². The molecule has 1 unspecified atom stereocenters. The molecule has 1 nitrogen and oxygen atoms in total. The van der Waals surface area contributed by atoms with Crippen molar-refractivity contribution in [1.29, 1.82) is 0 Å². The molecule has 0 saturated heterocycles. The fourth-order valence-electron chi connectivity index (χ4n) is 4.15. The SMILES string of the molecule is CC(C)(C)OC1(C(C)(C)C2=[C]([Ti+2])CC=C2)CC=CC=C1C(C)(C)C.[Cl-].[Cl-]. The van der Waals surface area contributed by atoms with E-state index in [9.17, 15) is 0 Å². The van der Waals surface area contributed by atoms with E-state index < -0.39 is 0 Å². The summed E-state index contributed by atoms with van der Waals surface area (Å²) in [7, 11) is 0. The molecule has 145 valence electrons. The molecule has 0 aromatic heterocycles. The number of hydrogen-bond acceptors (Lipinski definition) is 1. The van der Waals surface area contributed by atoms with Gasteiger partial charge in [0.2, 0.25) is 0 Å². The van der Waals surface area contributed by atoms with Crippen LogP contribution < -0.4 is 24.8 Å². The first-order valence-corrected chi connectivity index (χ1v) is 9.79. The van der Waals surface area contributed by atoms with Crippen molar-refractivity contribution in [3.8, 4) is 0 Å². The first-order chi connectivity index (χ1) is 10.8. The number of rotatable bonds is 3. The van der Waals surface area contributed by atoms with E-state index in [1.54, 1.807) is 0 Å². The van der Waals surface area contributed by atoms with Gasteiger partial charge < -0.3 is 24.8 Å². The maximum absolute atomic E-state index is 6.94. The third-order valence-electron chi connectivity index (χ3n) is 5.14. The summed E-state index contributed by atoms with van der Waals surface area (Å²) >= 11 is 2.26. The van der Waals surface area contributed by atoms with Gasteiger partial charge in [-0.05, 0) is 0 Å². The molecule has 0 saturated carbocycles. The van der Waals surface area contributed by atoms with Gasteiger partial charge in [0.1, 0.15) is 0 Å². The zero-order valence-electron chi connectivity index (χ0n) is 17.5. The smallest absolute Gasteiger partial charge is 1.00 e. The molecule has 0 radical (unpaired) electrons. The van der Waals surface area contributed by atoms with Crippen LogP contribution >= 0.6 is 0 Å². The van der Waals surface area contributed by atoms with Gasteiger partial charge in [0.15, 0.2) is 0 Å². The molecule has 4 heteroatoms. The normalized spacial score (nSPS) is 23.5. The van der Waals surface area contributed by atoms with Crippen LogP contribution in [0.15, 0.2) is 45.4 Å². The molecule has 2 rings (SSSR count). The van der Waals surface area contributed by atoms with Gasteiger partial charge in [-0.3, -0.25) is 0 Å². The molecular weight excluding hydrogens is 399 g/mol. The minimum absolute atomic E-state index is 0. The Labute approximate surface area is 185 Å². The fourth-order valence-corrected chi connectivity index (χ4v) is 4.95. The summed E-state index contributed by atoms with van der Waals surface area (Å²) in [6, 6.07) is 0. The van der Waals surface area contributed by atoms with Crippen LogP contribution in [0.4, 0.5) is 0 Å². The molecule has 1 atom stereocenters. The molecule has 0 bridgehead atoms. The van der Waals surface area contributed by atoms with Gasteiger partial charge in [-0.1, -0.05) is 0 Å². The Bertz CT molecular complexity index is 628. The monoisotopic (exact) mass is 431 g/mol. The van der Waals surface area contributed by atoms with Crippen LogP contribution in [0.2, 0.25) is 0 Å². The van der Waals surface area contributed by atoms with Gasteiger partial charge in [0.25, 0.3) is 0 Å². The molecule has 0 aliphatic heterocycles. The molecule has 2 aliphatic rings. The van der Waals surface area contributed by atoms with Crippen molar-refractivity contribution in [2.75, 3.05) is 0 Å². The summed E-state index contributed by atoms with van der Waals surface area (Å²) in [5.74, 6) is 0. The molecule has 0 spiro atoms. The summed E-state index contributed by atoms with van der Waals surface area (Å²) in [5.41, 5.74) is 2.27. The Morgan fingerprint density at radius 1 is 0.962 bits per heavy atom. The quantitative estimate of drug-likeness (QED) is 0.582. The number of allylic oxidation sites excluding steroid dienone is 5. The molecule has 0 amide bonds. The minimum Gasteiger partial charge on any atom is -1.00 e. The zero-order chi connectivity index (χ0) is 18.4. The summed E-state index contributed by atoms with van der Waals surface area (Å²) in [5, 5.41) is 0. The first kappa shape index (κ1) is 26.2. The molecule has 2 aliphatic carbocycles. The van der Waals surface area contributed by atoms with E-state index in [4.69, 9.17) is 4.74 Å². The topological polar surface area (TPSA) is 9.23 Å². The summed E-state index contributed by atoms with van der Waals surface area (Å²) in [6.45, 7) is 18.2. The Morgan fingerprint density at radius 3 is 1.96 bits per heavy atom. The molecule has 0 aromatic carbocycles. The maximum atomic E-state index is 6.94. The Morgan fingerprint density at radius 2 is 1.54 bits per heavy atom. The van der Waals surface area contributed by atoms with E-state index in [0.717, 1.165) is 12.8 Å². The molecular formula is C22H33Cl2OTi. The van der Waals surface area contributed by atoms with Gasteiger partial charge in [-0.15, -0.1) is 0 Å². The van der Waals surface area contributed by atoms with Gasteiger partial charge in [-0.2, -0.15) is 0 Å². The maximum Gasteiger partial charge on any atom is -1.00 e. The zero-order valence-corrected chi connectivity index (χ0v) is 20.5. The first-order valence-electron chi connectivity index (χ1n) is 9.01. The predicted molar refractivity (Wildman–Crippen MR) is 99.4 cm³/mol. The van der Waals surface area contributed by atoms with Crippen LogP contribution in [0.3, 0.4) is 0 Å². The van der Waals surface area contributed by atoms with E-state index in [1.807, 2.05) is 0 Å². The fraction of sp³-hybridized carbons (Fsp3) is 0.636. The Balaban J connectivity index is 0.00000312. The van der Waals surface area contributed by atoms with Crippen molar-refractivity contribution in [2.24, 2.45) is 10.8 Å². The molecule has 0 heterocycles. The molecule has 0 N–H and O–H groups in total. The van der Waals surface area contributed by atoms with Crippen molar-refractivity contribution in [2.45, 2.75) is 79.4 Å². The van der Waals surface area contributed by atoms with E-state index in [2.05, 4.69) is 106 Å². The average molecular weight is 432 g/mol. The second-order valence-electron chi connectivity index (χ2n) is 9.63. The molecule has 0 fully saturated rings. The van der Waals surface area contributed by atoms with Gasteiger partial charge in [0, 0.05) is 0 Å². The second-order valence-corrected chi connectivity index (χ2v) is 10.6. The van der Waals surface area contributed by atoms with Crippen molar-refractivity contribution in [1.82, 2.24) is 0 Å². The van der Waals surface area contributed by atoms with Crippen LogP contribution in [-0.2, 0) is 25.2 Å². The van der Waals surface area contributed by atoms with Crippen LogP contribution in [0.5, 0.6) is 0 Å². The van der Waals surface area contributed by atoms with Crippen LogP contribution in [0.1, 0.15) is 68.2 Å². The molecule has 0 aromatic rings. The predicted octanol–water partition coefficient (Wildman–Crippen LogP) is 0.268. The van der Waals surface area contributed by atoms with E-state index in [0.29, 0.717) is 0 Å². The van der Waals surface area contributed by atoms with Crippen LogP contribution in [0.25, 0.3) is 0 Å². The number of hydrogen-bond donors (Lipinski definition) is 0. The third kappa shape index (κ3) is 4.98. The average Bonchev–Trinajstić information content (AvgIpc) is 2.82. The summed E-state index contributed by atoms with van der Waals surface area (Å²) in [4.78, 5) is 0. The Kier molecular flexibility index (Phi) is 8.78. The van der Waals surface area contributed by atoms with Crippen molar-refractivity contribution in [3.05, 3.63) is 45.4 Å². The standard InChI is InChI=1S/C22H33O.2ClH.Ti/c1-19(2,3)18-15-11-12-16-22(18,23-20(4,5)6)21(7,8)17-13-9-10-14-17;;;/h9,11-13,15H,10,16H2,1-8H3;2*1H;/q;;;+2/p-2. The van der Waals surface area contributed by atoms with Gasteiger partial charge in [-0.25, -0.2) is 0 Å². The number of ether oxygens (including phenoxy) is 1. The van der Waals surface area contributed by atoms with Gasteiger partial charge in [0.05, 0.1) is 0 Å². The van der Waals surface area contributed by atoms with E-state index in [1.165, 1.54) is 15.0 Å². The van der Waals surface area contributed by atoms with E-state index >= 15 is 0 Å². The minimum atomic E-state index is -0.330.